The minimum atomic E-state index is -1.09. The van der Waals surface area contributed by atoms with Crippen molar-refractivity contribution in [2.75, 3.05) is 65.7 Å². The molecule has 15 nitrogen and oxygen atoms in total. The Balaban J connectivity index is 2.32. The maximum absolute atomic E-state index is 13.8. The Labute approximate surface area is 293 Å². The molecule has 0 saturated carbocycles. The minimum absolute atomic E-state index is 0.0643. The van der Waals surface area contributed by atoms with Gasteiger partial charge in [0.25, 0.3) is 0 Å². The van der Waals surface area contributed by atoms with Crippen molar-refractivity contribution in [3.63, 3.8) is 0 Å². The lowest BCUT2D eigenvalue weighted by atomic mass is 9.96. The highest BCUT2D eigenvalue weighted by Crippen LogP contribution is 2.27. The number of carbonyl (C=O) groups is 4. The molecule has 0 bridgehead atoms. The lowest BCUT2D eigenvalue weighted by molar-refractivity contribution is -0.0404. The van der Waals surface area contributed by atoms with E-state index in [9.17, 15) is 24.3 Å². The third-order valence-electron chi connectivity index (χ3n) is 8.34. The number of nitrogens with one attached hydrogen (secondary N) is 3. The fourth-order valence-corrected chi connectivity index (χ4v) is 5.75. The number of hydrogen-bond donors (Lipinski definition) is 4. The number of amides is 6. The summed E-state index contributed by atoms with van der Waals surface area (Å²) in [5.74, 6) is 0. The van der Waals surface area contributed by atoms with Gasteiger partial charge in [-0.25, -0.2) is 19.2 Å². The number of hydrogen-bond acceptors (Lipinski definition) is 9. The molecule has 0 aromatic carbocycles. The molecule has 0 aromatic rings. The smallest absolute Gasteiger partial charge is 0.411 e. The van der Waals surface area contributed by atoms with Crippen LogP contribution in [0.25, 0.3) is 0 Å². The van der Waals surface area contributed by atoms with Crippen molar-refractivity contribution in [2.24, 2.45) is 0 Å². The van der Waals surface area contributed by atoms with Crippen molar-refractivity contribution >= 4 is 24.2 Å². The van der Waals surface area contributed by atoms with Crippen LogP contribution in [0.2, 0.25) is 0 Å². The van der Waals surface area contributed by atoms with Gasteiger partial charge in [-0.15, -0.1) is 0 Å². The highest BCUT2D eigenvalue weighted by molar-refractivity contribution is 5.75. The van der Waals surface area contributed by atoms with Crippen LogP contribution in [-0.2, 0) is 18.9 Å². The molecule has 0 aromatic heterocycles. The first-order chi connectivity index (χ1) is 23.1. The first-order valence-corrected chi connectivity index (χ1v) is 18.0. The summed E-state index contributed by atoms with van der Waals surface area (Å²) in [6.07, 6.45) is 0.604. The number of morpholine rings is 2. The number of aliphatic hydroxyl groups excluding tert-OH is 1. The second-order valence-corrected chi connectivity index (χ2v) is 14.7. The van der Waals surface area contributed by atoms with Crippen LogP contribution in [0.3, 0.4) is 0 Å². The zero-order chi connectivity index (χ0) is 36.6. The average molecular weight is 701 g/mol. The van der Waals surface area contributed by atoms with Crippen LogP contribution < -0.4 is 16.0 Å². The fourth-order valence-electron chi connectivity index (χ4n) is 5.75. The van der Waals surface area contributed by atoms with Gasteiger partial charge in [0.1, 0.15) is 11.7 Å². The van der Waals surface area contributed by atoms with E-state index in [0.29, 0.717) is 71.9 Å². The predicted octanol–water partition coefficient (Wildman–Crippen LogP) is 3.68. The number of carbonyl (C=O) groups excluding carboxylic acids is 4. The Morgan fingerprint density at radius 2 is 1.29 bits per heavy atom. The number of ether oxygens (including phenoxy) is 4. The molecule has 284 valence electrons. The number of unbranched alkanes of at least 4 members (excludes halogenated alkanes) is 2. The van der Waals surface area contributed by atoms with Gasteiger partial charge in [0, 0.05) is 38.3 Å². The van der Waals surface area contributed by atoms with E-state index in [-0.39, 0.29) is 25.2 Å². The summed E-state index contributed by atoms with van der Waals surface area (Å²) in [5, 5.41) is 19.6. The molecule has 2 unspecified atom stereocenters. The SMILES string of the molecule is CCCCC([C@H](CNC(=O)N1CCOCC1)OC(=O)N[C@@H](CCCC)C(O)CNC(=O)N1CCOCC1)N(C(=O)OC(C)(C)C)C(C)(C)C. The Hall–Kier alpha value is -3.04. The maximum Gasteiger partial charge on any atom is 0.411 e. The van der Waals surface area contributed by atoms with Gasteiger partial charge >= 0.3 is 24.2 Å². The van der Waals surface area contributed by atoms with E-state index in [1.807, 2.05) is 34.6 Å². The normalized spacial score (nSPS) is 18.1. The van der Waals surface area contributed by atoms with Gasteiger partial charge in [-0.1, -0.05) is 39.5 Å². The Morgan fingerprint density at radius 1 is 0.796 bits per heavy atom. The van der Waals surface area contributed by atoms with Gasteiger partial charge in [-0.2, -0.15) is 0 Å². The molecule has 2 fully saturated rings. The first kappa shape index (κ1) is 42.1. The molecule has 2 aliphatic rings. The van der Waals surface area contributed by atoms with Crippen LogP contribution in [0.4, 0.5) is 19.2 Å². The zero-order valence-corrected chi connectivity index (χ0v) is 31.2. The van der Waals surface area contributed by atoms with Crippen molar-refractivity contribution < 1.29 is 43.2 Å². The van der Waals surface area contributed by atoms with E-state index >= 15 is 0 Å². The first-order valence-electron chi connectivity index (χ1n) is 18.0. The summed E-state index contributed by atoms with van der Waals surface area (Å²) in [6, 6.07) is -2.01. The molecule has 4 N–H and O–H groups in total. The quantitative estimate of drug-likeness (QED) is 0.199. The van der Waals surface area contributed by atoms with E-state index in [2.05, 4.69) is 16.0 Å². The minimum Gasteiger partial charge on any atom is -0.444 e. The summed E-state index contributed by atoms with van der Waals surface area (Å²) in [7, 11) is 0. The summed E-state index contributed by atoms with van der Waals surface area (Å²) >= 11 is 0. The summed E-state index contributed by atoms with van der Waals surface area (Å²) in [6.45, 7) is 18.5. The average Bonchev–Trinajstić information content (AvgIpc) is 3.04. The van der Waals surface area contributed by atoms with E-state index in [1.54, 1.807) is 35.5 Å². The van der Waals surface area contributed by atoms with Crippen LogP contribution in [-0.4, -0.2) is 145 Å². The van der Waals surface area contributed by atoms with Crippen molar-refractivity contribution in [3.8, 4) is 0 Å². The molecule has 2 aliphatic heterocycles. The molecule has 4 atom stereocenters. The molecule has 2 rings (SSSR count). The largest absolute Gasteiger partial charge is 0.444 e. The molecule has 0 aliphatic carbocycles. The molecule has 6 amide bonds. The van der Waals surface area contributed by atoms with Gasteiger partial charge in [0.05, 0.1) is 51.2 Å². The van der Waals surface area contributed by atoms with Crippen LogP contribution in [0.15, 0.2) is 0 Å². The molecular weight excluding hydrogens is 636 g/mol. The van der Waals surface area contributed by atoms with Crippen molar-refractivity contribution in [1.29, 1.82) is 0 Å². The van der Waals surface area contributed by atoms with E-state index in [0.717, 1.165) is 19.3 Å². The summed E-state index contributed by atoms with van der Waals surface area (Å²) < 4.78 is 22.6. The molecule has 49 heavy (non-hydrogen) atoms. The standard InChI is InChI=1S/C34H64N6O9/c1-9-11-13-25(27(41)23-35-29(42)38-15-19-46-20-16-38)37-31(44)48-28(24-36-30(43)39-17-21-47-22-18-39)26(14-12-10-2)40(33(3,4)5)32(45)49-34(6,7)8/h25-28,41H,9-24H2,1-8H3,(H,35,42)(H,36,43)(H,37,44)/t25-,26?,27?,28-/m0/s1. The number of nitrogens with zero attached hydrogens (tertiary/aromatic N) is 3. The van der Waals surface area contributed by atoms with E-state index in [4.69, 9.17) is 18.9 Å². The molecule has 0 spiro atoms. The van der Waals surface area contributed by atoms with Gasteiger partial charge in [0.2, 0.25) is 0 Å². The lowest BCUT2D eigenvalue weighted by Crippen LogP contribution is -2.60. The van der Waals surface area contributed by atoms with E-state index < -0.39 is 47.6 Å². The Kier molecular flexibility index (Phi) is 17.7. The Morgan fingerprint density at radius 3 is 1.76 bits per heavy atom. The van der Waals surface area contributed by atoms with Gasteiger partial charge in [-0.3, -0.25) is 4.90 Å². The second-order valence-electron chi connectivity index (χ2n) is 14.7. The fraction of sp³-hybridized carbons (Fsp3) is 0.882. The monoisotopic (exact) mass is 700 g/mol. The van der Waals surface area contributed by atoms with Gasteiger partial charge < -0.3 is 49.8 Å². The van der Waals surface area contributed by atoms with Gasteiger partial charge in [0.15, 0.2) is 0 Å². The van der Waals surface area contributed by atoms with Crippen molar-refractivity contribution in [1.82, 2.24) is 30.7 Å². The Bertz CT molecular complexity index is 1020. The number of alkyl carbamates (subject to hydrolysis) is 1. The van der Waals surface area contributed by atoms with Crippen LogP contribution >= 0.6 is 0 Å². The third-order valence-corrected chi connectivity index (χ3v) is 8.34. The predicted molar refractivity (Wildman–Crippen MR) is 185 cm³/mol. The number of aliphatic hydroxyl groups is 1. The molecule has 0 radical (unpaired) electrons. The van der Waals surface area contributed by atoms with Crippen LogP contribution in [0.5, 0.6) is 0 Å². The third kappa shape index (κ3) is 15.2. The summed E-state index contributed by atoms with van der Waals surface area (Å²) in [4.78, 5) is 58.1. The topological polar surface area (TPSA) is 171 Å². The second kappa shape index (κ2) is 20.6. The van der Waals surface area contributed by atoms with Crippen LogP contribution in [0, 0.1) is 0 Å². The molecular formula is C34H64N6O9. The van der Waals surface area contributed by atoms with Crippen LogP contribution in [0.1, 0.15) is 93.9 Å². The highest BCUT2D eigenvalue weighted by atomic mass is 16.6. The van der Waals surface area contributed by atoms with Gasteiger partial charge in [-0.05, 0) is 54.4 Å². The van der Waals surface area contributed by atoms with Crippen molar-refractivity contribution in [3.05, 3.63) is 0 Å². The molecule has 2 saturated heterocycles. The molecule has 2 heterocycles. The van der Waals surface area contributed by atoms with Crippen molar-refractivity contribution in [2.45, 2.75) is 129 Å². The summed E-state index contributed by atoms with van der Waals surface area (Å²) in [5.41, 5.74) is -1.50. The lowest BCUT2D eigenvalue weighted by Gasteiger charge is -2.45. The zero-order valence-electron chi connectivity index (χ0n) is 31.2. The highest BCUT2D eigenvalue weighted by Gasteiger charge is 2.42. The number of urea groups is 2. The molecule has 15 heteroatoms. The number of rotatable bonds is 15. The van der Waals surface area contributed by atoms with E-state index in [1.165, 1.54) is 0 Å². The maximum atomic E-state index is 13.8.